The van der Waals surface area contributed by atoms with Crippen molar-refractivity contribution in [3.8, 4) is 11.1 Å². The van der Waals surface area contributed by atoms with Crippen molar-refractivity contribution in [2.45, 2.75) is 26.7 Å². The number of aryl methyl sites for hydroxylation is 2. The van der Waals surface area contributed by atoms with E-state index in [-0.39, 0.29) is 5.69 Å². The zero-order chi connectivity index (χ0) is 14.0. The zero-order valence-corrected chi connectivity index (χ0v) is 11.3. The highest BCUT2D eigenvalue weighted by Crippen LogP contribution is 2.30. The van der Waals surface area contributed by atoms with E-state index in [0.717, 1.165) is 29.8 Å². The quantitative estimate of drug-likeness (QED) is 0.914. The van der Waals surface area contributed by atoms with Crippen LogP contribution in [0.3, 0.4) is 0 Å². The van der Waals surface area contributed by atoms with Gasteiger partial charge < -0.3 is 5.11 Å². The van der Waals surface area contributed by atoms with Gasteiger partial charge >= 0.3 is 5.97 Å². The van der Waals surface area contributed by atoms with Gasteiger partial charge in [0, 0.05) is 30.1 Å². The number of hydrogen-bond donors (Lipinski definition) is 1. The van der Waals surface area contributed by atoms with Gasteiger partial charge in [-0.1, -0.05) is 19.9 Å². The molecular formula is C14H17N3O2. The van der Waals surface area contributed by atoms with Gasteiger partial charge in [-0.15, -0.1) is 0 Å². The van der Waals surface area contributed by atoms with Crippen molar-refractivity contribution >= 4 is 5.97 Å². The molecule has 0 saturated carbocycles. The second-order valence-electron chi connectivity index (χ2n) is 4.30. The number of rotatable bonds is 4. The Morgan fingerprint density at radius 2 is 2.11 bits per heavy atom. The van der Waals surface area contributed by atoms with E-state index in [9.17, 15) is 9.90 Å². The summed E-state index contributed by atoms with van der Waals surface area (Å²) in [6.45, 7) is 4.05. The molecule has 0 amide bonds. The smallest absolute Gasteiger partial charge is 0.355 e. The monoisotopic (exact) mass is 259 g/mol. The number of pyridine rings is 1. The Morgan fingerprint density at radius 3 is 2.68 bits per heavy atom. The van der Waals surface area contributed by atoms with E-state index in [4.69, 9.17) is 0 Å². The van der Waals surface area contributed by atoms with Gasteiger partial charge in [0.05, 0.1) is 5.69 Å². The van der Waals surface area contributed by atoms with Crippen LogP contribution in [0, 0.1) is 0 Å². The number of carboxylic acids is 1. The topological polar surface area (TPSA) is 68.0 Å². The molecule has 2 heterocycles. The van der Waals surface area contributed by atoms with Crippen molar-refractivity contribution in [3.63, 3.8) is 0 Å². The Bertz CT molecular complexity index is 617. The van der Waals surface area contributed by atoms with Gasteiger partial charge in [-0.2, -0.15) is 5.10 Å². The molecule has 0 radical (unpaired) electrons. The van der Waals surface area contributed by atoms with Crippen LogP contribution in [0.5, 0.6) is 0 Å². The highest BCUT2D eigenvalue weighted by Gasteiger charge is 2.21. The summed E-state index contributed by atoms with van der Waals surface area (Å²) >= 11 is 0. The fourth-order valence-electron chi connectivity index (χ4n) is 2.36. The molecule has 0 aliphatic carbocycles. The van der Waals surface area contributed by atoms with Crippen LogP contribution in [-0.4, -0.2) is 25.8 Å². The molecule has 2 rings (SSSR count). The molecule has 5 nitrogen and oxygen atoms in total. The molecule has 19 heavy (non-hydrogen) atoms. The summed E-state index contributed by atoms with van der Waals surface area (Å²) in [5, 5.41) is 13.7. The third kappa shape index (κ3) is 2.23. The van der Waals surface area contributed by atoms with Gasteiger partial charge in [-0.3, -0.25) is 4.68 Å². The van der Waals surface area contributed by atoms with Crippen LogP contribution in [0.15, 0.2) is 18.3 Å². The summed E-state index contributed by atoms with van der Waals surface area (Å²) in [5.41, 5.74) is 3.59. The lowest BCUT2D eigenvalue weighted by atomic mass is 9.99. The Hall–Kier alpha value is -2.17. The molecular weight excluding hydrogens is 242 g/mol. The number of carbonyl (C=O) groups is 1. The highest BCUT2D eigenvalue weighted by molar-refractivity contribution is 5.94. The summed E-state index contributed by atoms with van der Waals surface area (Å²) in [4.78, 5) is 15.3. The normalized spacial score (nSPS) is 10.7. The Morgan fingerprint density at radius 1 is 1.37 bits per heavy atom. The maximum Gasteiger partial charge on any atom is 0.355 e. The molecule has 0 spiro atoms. The van der Waals surface area contributed by atoms with Gasteiger partial charge in [0.2, 0.25) is 0 Å². The highest BCUT2D eigenvalue weighted by atomic mass is 16.4. The Balaban J connectivity index is 2.74. The minimum atomic E-state index is -1.01. The van der Waals surface area contributed by atoms with E-state index >= 15 is 0 Å². The summed E-state index contributed by atoms with van der Waals surface area (Å²) in [7, 11) is 1.89. The van der Waals surface area contributed by atoms with Gasteiger partial charge in [-0.25, -0.2) is 9.78 Å². The summed E-state index contributed by atoms with van der Waals surface area (Å²) in [6.07, 6.45) is 3.06. The molecule has 0 unspecified atom stereocenters. The first-order valence-electron chi connectivity index (χ1n) is 6.33. The van der Waals surface area contributed by atoms with Crippen LogP contribution in [0.2, 0.25) is 0 Å². The fraction of sp³-hybridized carbons (Fsp3) is 0.357. The first-order chi connectivity index (χ1) is 9.10. The maximum atomic E-state index is 11.3. The average Bonchev–Trinajstić information content (AvgIpc) is 2.74. The molecule has 5 heteroatoms. The molecule has 0 atom stereocenters. The average molecular weight is 259 g/mol. The zero-order valence-electron chi connectivity index (χ0n) is 11.3. The number of hydrogen-bond acceptors (Lipinski definition) is 3. The van der Waals surface area contributed by atoms with Crippen LogP contribution in [0.4, 0.5) is 0 Å². The summed E-state index contributed by atoms with van der Waals surface area (Å²) < 4.78 is 1.83. The van der Waals surface area contributed by atoms with Crippen molar-refractivity contribution in [1.82, 2.24) is 14.8 Å². The predicted molar refractivity (Wildman–Crippen MR) is 72.2 cm³/mol. The lowest BCUT2D eigenvalue weighted by Crippen LogP contribution is -2.04. The summed E-state index contributed by atoms with van der Waals surface area (Å²) in [5.74, 6) is -1.01. The van der Waals surface area contributed by atoms with Gasteiger partial charge in [-0.05, 0) is 18.9 Å². The molecule has 0 aliphatic heterocycles. The molecule has 1 N–H and O–H groups in total. The largest absolute Gasteiger partial charge is 0.476 e. The lowest BCUT2D eigenvalue weighted by Gasteiger charge is -2.07. The van der Waals surface area contributed by atoms with Crippen molar-refractivity contribution in [2.75, 3.05) is 0 Å². The van der Waals surface area contributed by atoms with Crippen LogP contribution >= 0.6 is 0 Å². The number of aromatic carboxylic acids is 1. The Kier molecular flexibility index (Phi) is 3.64. The summed E-state index contributed by atoms with van der Waals surface area (Å²) in [6, 6.07) is 3.56. The van der Waals surface area contributed by atoms with E-state index < -0.39 is 5.97 Å². The maximum absolute atomic E-state index is 11.3. The van der Waals surface area contributed by atoms with Gasteiger partial charge in [0.1, 0.15) is 0 Å². The van der Waals surface area contributed by atoms with Gasteiger partial charge in [0.25, 0.3) is 0 Å². The Labute approximate surface area is 111 Å². The van der Waals surface area contributed by atoms with Crippen LogP contribution in [0.25, 0.3) is 11.1 Å². The molecule has 0 bridgehead atoms. The van der Waals surface area contributed by atoms with E-state index in [2.05, 4.69) is 10.1 Å². The molecule has 2 aromatic rings. The van der Waals surface area contributed by atoms with Gasteiger partial charge in [0.15, 0.2) is 5.69 Å². The third-order valence-corrected chi connectivity index (χ3v) is 3.19. The molecule has 0 aliphatic rings. The van der Waals surface area contributed by atoms with Crippen molar-refractivity contribution in [3.05, 3.63) is 35.4 Å². The predicted octanol–water partition coefficient (Wildman–Crippen LogP) is 2.31. The van der Waals surface area contributed by atoms with E-state index in [1.807, 2.05) is 25.6 Å². The molecule has 0 aromatic carbocycles. The molecule has 100 valence electrons. The second kappa shape index (κ2) is 5.22. The SMILES string of the molecule is CCc1nn(C)c(CC)c1-c1cccnc1C(=O)O. The number of aromatic nitrogens is 3. The van der Waals surface area contributed by atoms with Crippen molar-refractivity contribution in [1.29, 1.82) is 0 Å². The first-order valence-corrected chi connectivity index (χ1v) is 6.33. The van der Waals surface area contributed by atoms with E-state index in [0.29, 0.717) is 5.56 Å². The van der Waals surface area contributed by atoms with E-state index in [1.165, 1.54) is 6.20 Å². The van der Waals surface area contributed by atoms with Crippen LogP contribution in [0.1, 0.15) is 35.7 Å². The lowest BCUT2D eigenvalue weighted by molar-refractivity contribution is 0.0691. The van der Waals surface area contributed by atoms with Crippen LogP contribution in [-0.2, 0) is 19.9 Å². The first kappa shape index (κ1) is 13.3. The van der Waals surface area contributed by atoms with Crippen LogP contribution < -0.4 is 0 Å². The fourth-order valence-corrected chi connectivity index (χ4v) is 2.36. The molecule has 0 saturated heterocycles. The minimum Gasteiger partial charge on any atom is -0.476 e. The molecule has 2 aromatic heterocycles. The van der Waals surface area contributed by atoms with Crippen molar-refractivity contribution in [2.24, 2.45) is 7.05 Å². The van der Waals surface area contributed by atoms with Crippen molar-refractivity contribution < 1.29 is 9.90 Å². The van der Waals surface area contributed by atoms with E-state index in [1.54, 1.807) is 12.1 Å². The molecule has 0 fully saturated rings. The second-order valence-corrected chi connectivity index (χ2v) is 4.30. The minimum absolute atomic E-state index is 0.0832. The third-order valence-electron chi connectivity index (χ3n) is 3.19. The number of carboxylic acid groups (broad SMARTS) is 1. The standard InChI is InChI=1S/C14H17N3O2/c1-4-10-12(11(5-2)17(3)16-10)9-7-6-8-15-13(9)14(18)19/h6-8H,4-5H2,1-3H3,(H,18,19). The number of nitrogens with zero attached hydrogens (tertiary/aromatic N) is 3.